The molecule has 0 N–H and O–H groups in total. The number of hydrogen-bond donors (Lipinski definition) is 0. The van der Waals surface area contributed by atoms with Crippen molar-refractivity contribution in [1.29, 1.82) is 5.26 Å². The van der Waals surface area contributed by atoms with Crippen LogP contribution >= 0.6 is 0 Å². The topological polar surface area (TPSA) is 57.9 Å². The van der Waals surface area contributed by atoms with E-state index in [4.69, 9.17) is 11.7 Å². The molecule has 3 heteroatoms. The van der Waals surface area contributed by atoms with E-state index in [2.05, 4.69) is 12.0 Å². The van der Waals surface area contributed by atoms with Gasteiger partial charge in [-0.2, -0.15) is 5.26 Å². The average Bonchev–Trinajstić information content (AvgIpc) is 2.69. The lowest BCUT2D eigenvalue weighted by Gasteiger charge is -2.30. The third kappa shape index (κ3) is 4.03. The van der Waals surface area contributed by atoms with Crippen LogP contribution in [-0.2, 0) is 0 Å². The highest BCUT2D eigenvalue weighted by Gasteiger charge is 2.45. The van der Waals surface area contributed by atoms with Gasteiger partial charge in [0.05, 0.1) is 11.5 Å². The first-order chi connectivity index (χ1) is 12.2. The van der Waals surface area contributed by atoms with E-state index in [0.717, 1.165) is 0 Å². The van der Waals surface area contributed by atoms with Crippen molar-refractivity contribution < 1.29 is 9.59 Å². The first-order valence-electron chi connectivity index (χ1n) is 8.16. The smallest absolute Gasteiger partial charge is 0.176 e. The van der Waals surface area contributed by atoms with Gasteiger partial charge in [-0.25, -0.2) is 0 Å². The van der Waals surface area contributed by atoms with Gasteiger partial charge in [0.25, 0.3) is 0 Å². The zero-order valence-electron chi connectivity index (χ0n) is 13.9. The molecule has 0 fully saturated rings. The van der Waals surface area contributed by atoms with E-state index in [1.54, 1.807) is 48.5 Å². The summed E-state index contributed by atoms with van der Waals surface area (Å²) >= 11 is 0. The third-order valence-electron chi connectivity index (χ3n) is 4.30. The van der Waals surface area contributed by atoms with Gasteiger partial charge in [0, 0.05) is 24.0 Å². The number of ketones is 2. The molecular weight excluding hydrogens is 310 g/mol. The lowest BCUT2D eigenvalue weighted by molar-refractivity contribution is 0.0634. The number of benzene rings is 2. The molecule has 0 atom stereocenters. The second-order valence-electron chi connectivity index (χ2n) is 5.83. The Morgan fingerprint density at radius 3 is 1.68 bits per heavy atom. The number of nitrogens with zero attached hydrogens (tertiary/aromatic N) is 1. The molecule has 2 aromatic rings. The summed E-state index contributed by atoms with van der Waals surface area (Å²) in [4.78, 5) is 26.6. The van der Waals surface area contributed by atoms with Gasteiger partial charge in [-0.3, -0.25) is 9.59 Å². The largest absolute Gasteiger partial charge is 0.293 e. The van der Waals surface area contributed by atoms with Crippen LogP contribution in [0.15, 0.2) is 60.7 Å². The summed E-state index contributed by atoms with van der Waals surface area (Å²) in [7, 11) is 0. The minimum Gasteiger partial charge on any atom is -0.293 e. The number of nitriles is 1. The average molecular weight is 329 g/mol. The lowest BCUT2D eigenvalue weighted by atomic mass is 9.68. The minimum atomic E-state index is -1.31. The van der Waals surface area contributed by atoms with Crippen molar-refractivity contribution in [3.05, 3.63) is 71.8 Å². The highest BCUT2D eigenvalue weighted by atomic mass is 16.2. The van der Waals surface area contributed by atoms with Gasteiger partial charge in [-0.1, -0.05) is 60.7 Å². The molecule has 0 amide bonds. The molecule has 0 aliphatic heterocycles. The van der Waals surface area contributed by atoms with Crippen LogP contribution in [0.3, 0.4) is 0 Å². The van der Waals surface area contributed by atoms with Gasteiger partial charge in [0.15, 0.2) is 11.6 Å². The van der Waals surface area contributed by atoms with Crippen molar-refractivity contribution in [2.45, 2.75) is 25.7 Å². The van der Waals surface area contributed by atoms with Gasteiger partial charge in [-0.05, 0) is 12.8 Å². The lowest BCUT2D eigenvalue weighted by Crippen LogP contribution is -2.39. The Morgan fingerprint density at radius 2 is 1.28 bits per heavy atom. The van der Waals surface area contributed by atoms with Crippen LogP contribution in [0.2, 0.25) is 0 Å². The molecule has 0 saturated carbocycles. The monoisotopic (exact) mass is 329 g/mol. The number of carbonyl (C=O) groups excluding carboxylic acids is 2. The minimum absolute atomic E-state index is 0.113. The summed E-state index contributed by atoms with van der Waals surface area (Å²) in [6.45, 7) is 0. The summed E-state index contributed by atoms with van der Waals surface area (Å²) in [5.74, 6) is 1.98. The molecule has 0 saturated heterocycles. The Kier molecular flexibility index (Phi) is 6.26. The van der Waals surface area contributed by atoms with Crippen LogP contribution in [0, 0.1) is 29.1 Å². The molecule has 124 valence electrons. The van der Waals surface area contributed by atoms with Gasteiger partial charge >= 0.3 is 0 Å². The maximum Gasteiger partial charge on any atom is 0.176 e. The van der Waals surface area contributed by atoms with Crippen LogP contribution in [-0.4, -0.2) is 11.6 Å². The fraction of sp³-hybridized carbons (Fsp3) is 0.227. The van der Waals surface area contributed by atoms with Crippen molar-refractivity contribution in [2.75, 3.05) is 0 Å². The van der Waals surface area contributed by atoms with Crippen molar-refractivity contribution in [3.8, 4) is 18.4 Å². The highest BCUT2D eigenvalue weighted by molar-refractivity contribution is 6.19. The van der Waals surface area contributed by atoms with E-state index >= 15 is 0 Å². The molecular formula is C22H19NO2. The van der Waals surface area contributed by atoms with E-state index in [0.29, 0.717) is 17.5 Å². The first kappa shape index (κ1) is 18.2. The summed E-state index contributed by atoms with van der Waals surface area (Å²) in [6.07, 6.45) is 6.20. The maximum absolute atomic E-state index is 13.3. The zero-order chi connectivity index (χ0) is 18.1. The maximum atomic E-state index is 13.3. The quantitative estimate of drug-likeness (QED) is 0.408. The van der Waals surface area contributed by atoms with Crippen molar-refractivity contribution in [1.82, 2.24) is 0 Å². The van der Waals surface area contributed by atoms with Crippen molar-refractivity contribution in [2.24, 2.45) is 5.41 Å². The second kappa shape index (κ2) is 8.62. The SMILES string of the molecule is C#CCCC(CCC#N)(C(=O)c1ccccc1)C(=O)c1ccccc1. The number of terminal acetylenes is 1. The van der Waals surface area contributed by atoms with Crippen LogP contribution < -0.4 is 0 Å². The highest BCUT2D eigenvalue weighted by Crippen LogP contribution is 2.37. The summed E-state index contributed by atoms with van der Waals surface area (Å²) in [6, 6.07) is 19.5. The van der Waals surface area contributed by atoms with Gasteiger partial charge < -0.3 is 0 Å². The Morgan fingerprint density at radius 1 is 0.840 bits per heavy atom. The van der Waals surface area contributed by atoms with E-state index in [-0.39, 0.29) is 30.8 Å². The molecule has 3 nitrogen and oxygen atoms in total. The zero-order valence-corrected chi connectivity index (χ0v) is 13.9. The molecule has 0 unspecified atom stereocenters. The fourth-order valence-electron chi connectivity index (χ4n) is 2.97. The molecule has 25 heavy (non-hydrogen) atoms. The first-order valence-corrected chi connectivity index (χ1v) is 8.16. The van der Waals surface area contributed by atoms with Crippen LogP contribution in [0.1, 0.15) is 46.4 Å². The molecule has 0 aliphatic rings. The van der Waals surface area contributed by atoms with E-state index in [1.807, 2.05) is 12.1 Å². The normalized spacial score (nSPS) is 10.5. The van der Waals surface area contributed by atoms with E-state index in [9.17, 15) is 9.59 Å². The van der Waals surface area contributed by atoms with E-state index < -0.39 is 5.41 Å². The summed E-state index contributed by atoms with van der Waals surface area (Å²) < 4.78 is 0. The molecule has 2 rings (SSSR count). The summed E-state index contributed by atoms with van der Waals surface area (Å²) in [5, 5.41) is 9.05. The number of carbonyl (C=O) groups is 2. The van der Waals surface area contributed by atoms with Crippen LogP contribution in [0.5, 0.6) is 0 Å². The molecule has 2 aromatic carbocycles. The second-order valence-corrected chi connectivity index (χ2v) is 5.83. The number of Topliss-reactive ketones (excluding diaryl/α,β-unsaturated/α-hetero) is 2. The molecule has 0 aliphatic carbocycles. The standard InChI is InChI=1S/C22H19NO2/c1-2-3-15-22(16-10-17-23,20(24)18-11-6-4-7-12-18)21(25)19-13-8-5-9-14-19/h1,4-9,11-14H,3,10,15-16H2. The van der Waals surface area contributed by atoms with Crippen LogP contribution in [0.4, 0.5) is 0 Å². The summed E-state index contributed by atoms with van der Waals surface area (Å²) in [5.41, 5.74) is -0.395. The van der Waals surface area contributed by atoms with Crippen molar-refractivity contribution in [3.63, 3.8) is 0 Å². The Bertz CT molecular complexity index is 739. The number of rotatable bonds is 8. The van der Waals surface area contributed by atoms with Gasteiger partial charge in [0.1, 0.15) is 0 Å². The molecule has 0 spiro atoms. The molecule has 0 heterocycles. The van der Waals surface area contributed by atoms with E-state index in [1.165, 1.54) is 0 Å². The van der Waals surface area contributed by atoms with Gasteiger partial charge in [0.2, 0.25) is 0 Å². The number of hydrogen-bond acceptors (Lipinski definition) is 3. The fourth-order valence-corrected chi connectivity index (χ4v) is 2.97. The predicted molar refractivity (Wildman–Crippen MR) is 96.9 cm³/mol. The predicted octanol–water partition coefficient (Wildman–Crippen LogP) is 4.46. The Hall–Kier alpha value is -3.17. The van der Waals surface area contributed by atoms with Gasteiger partial charge in [-0.15, -0.1) is 12.3 Å². The molecule has 0 aromatic heterocycles. The van der Waals surface area contributed by atoms with Crippen LogP contribution in [0.25, 0.3) is 0 Å². The third-order valence-corrected chi connectivity index (χ3v) is 4.30. The molecule has 0 bridgehead atoms. The molecule has 0 radical (unpaired) electrons. The van der Waals surface area contributed by atoms with Crippen molar-refractivity contribution >= 4 is 11.6 Å². The Labute approximate surface area is 148 Å². The Balaban J connectivity index is 2.55.